The van der Waals surface area contributed by atoms with Gasteiger partial charge in [0.1, 0.15) is 0 Å². The fourth-order valence-corrected chi connectivity index (χ4v) is 2.31. The summed E-state index contributed by atoms with van der Waals surface area (Å²) >= 11 is 0. The van der Waals surface area contributed by atoms with Gasteiger partial charge < -0.3 is 10.1 Å². The van der Waals surface area contributed by atoms with E-state index in [4.69, 9.17) is 4.74 Å². The minimum atomic E-state index is 0.457. The van der Waals surface area contributed by atoms with Gasteiger partial charge in [-0.3, -0.25) is 0 Å². The van der Waals surface area contributed by atoms with Crippen molar-refractivity contribution < 1.29 is 4.74 Å². The first kappa shape index (κ1) is 14.0. The number of hydrogen-bond donors (Lipinski definition) is 1. The molecule has 0 radical (unpaired) electrons. The zero-order valence-corrected chi connectivity index (χ0v) is 11.1. The molecule has 1 N–H and O–H groups in total. The number of unbranched alkanes of at least 4 members (excludes halogenated alkanes) is 3. The van der Waals surface area contributed by atoms with Gasteiger partial charge in [-0.15, -0.1) is 0 Å². The molecule has 2 atom stereocenters. The number of piperidine rings is 1. The number of rotatable bonds is 8. The van der Waals surface area contributed by atoms with Gasteiger partial charge in [-0.05, 0) is 38.6 Å². The molecular formula is C14H29NO. The predicted molar refractivity (Wildman–Crippen MR) is 69.8 cm³/mol. The van der Waals surface area contributed by atoms with E-state index in [0.29, 0.717) is 6.10 Å². The van der Waals surface area contributed by atoms with Gasteiger partial charge in [0.25, 0.3) is 0 Å². The largest absolute Gasteiger partial charge is 0.378 e. The third-order valence-corrected chi connectivity index (χ3v) is 3.48. The Balaban J connectivity index is 1.94. The molecule has 0 amide bonds. The van der Waals surface area contributed by atoms with Crippen LogP contribution in [0.3, 0.4) is 0 Å². The SMILES string of the molecule is CCCCCCC(C)OCC1CCCNC1. The lowest BCUT2D eigenvalue weighted by atomic mass is 10.0. The van der Waals surface area contributed by atoms with E-state index in [9.17, 15) is 0 Å². The summed E-state index contributed by atoms with van der Waals surface area (Å²) in [4.78, 5) is 0. The van der Waals surface area contributed by atoms with Crippen LogP contribution in [0.4, 0.5) is 0 Å². The summed E-state index contributed by atoms with van der Waals surface area (Å²) in [5.41, 5.74) is 0. The summed E-state index contributed by atoms with van der Waals surface area (Å²) in [5, 5.41) is 3.44. The average Bonchev–Trinajstić information content (AvgIpc) is 2.33. The van der Waals surface area contributed by atoms with Gasteiger partial charge in [-0.25, -0.2) is 0 Å². The highest BCUT2D eigenvalue weighted by molar-refractivity contribution is 4.68. The van der Waals surface area contributed by atoms with Gasteiger partial charge in [-0.2, -0.15) is 0 Å². The molecule has 0 aromatic carbocycles. The van der Waals surface area contributed by atoms with E-state index in [1.165, 1.54) is 51.5 Å². The Morgan fingerprint density at radius 1 is 1.31 bits per heavy atom. The summed E-state index contributed by atoms with van der Waals surface area (Å²) in [6, 6.07) is 0. The van der Waals surface area contributed by atoms with Crippen molar-refractivity contribution in [1.82, 2.24) is 5.32 Å². The van der Waals surface area contributed by atoms with Crippen LogP contribution in [0.1, 0.15) is 58.8 Å². The van der Waals surface area contributed by atoms with Crippen LogP contribution in [0.25, 0.3) is 0 Å². The standard InChI is InChI=1S/C14H29NO/c1-3-4-5-6-8-13(2)16-12-14-9-7-10-15-11-14/h13-15H,3-12H2,1-2H3. The van der Waals surface area contributed by atoms with Crippen LogP contribution in [0.15, 0.2) is 0 Å². The molecule has 0 aromatic heterocycles. The van der Waals surface area contributed by atoms with E-state index in [2.05, 4.69) is 19.2 Å². The minimum Gasteiger partial charge on any atom is -0.378 e. The molecule has 0 aliphatic carbocycles. The molecule has 2 heteroatoms. The van der Waals surface area contributed by atoms with Crippen molar-refractivity contribution in [3.05, 3.63) is 0 Å². The Hall–Kier alpha value is -0.0800. The van der Waals surface area contributed by atoms with E-state index >= 15 is 0 Å². The molecular weight excluding hydrogens is 198 g/mol. The van der Waals surface area contributed by atoms with Crippen molar-refractivity contribution in [3.8, 4) is 0 Å². The maximum atomic E-state index is 5.92. The maximum absolute atomic E-state index is 5.92. The fraction of sp³-hybridized carbons (Fsp3) is 1.00. The van der Waals surface area contributed by atoms with Crippen LogP contribution in [0.2, 0.25) is 0 Å². The fourth-order valence-electron chi connectivity index (χ4n) is 2.31. The quantitative estimate of drug-likeness (QED) is 0.642. The average molecular weight is 227 g/mol. The van der Waals surface area contributed by atoms with Crippen LogP contribution < -0.4 is 5.32 Å². The molecule has 0 aromatic rings. The van der Waals surface area contributed by atoms with Crippen molar-refractivity contribution in [2.24, 2.45) is 5.92 Å². The Kier molecular flexibility index (Phi) is 7.87. The first-order valence-corrected chi connectivity index (χ1v) is 7.15. The topological polar surface area (TPSA) is 21.3 Å². The molecule has 1 heterocycles. The third-order valence-electron chi connectivity index (χ3n) is 3.48. The van der Waals surface area contributed by atoms with Crippen molar-refractivity contribution in [1.29, 1.82) is 0 Å². The van der Waals surface area contributed by atoms with Gasteiger partial charge >= 0.3 is 0 Å². The highest BCUT2D eigenvalue weighted by Gasteiger charge is 2.14. The van der Waals surface area contributed by atoms with Gasteiger partial charge in [-0.1, -0.05) is 32.6 Å². The molecule has 1 saturated heterocycles. The normalized spacial score (nSPS) is 23.2. The summed E-state index contributed by atoms with van der Waals surface area (Å²) < 4.78 is 5.92. The number of nitrogens with one attached hydrogen (secondary N) is 1. The van der Waals surface area contributed by atoms with Gasteiger partial charge in [0.2, 0.25) is 0 Å². The molecule has 2 nitrogen and oxygen atoms in total. The molecule has 1 aliphatic heterocycles. The Bertz CT molecular complexity index is 155. The van der Waals surface area contributed by atoms with Crippen LogP contribution >= 0.6 is 0 Å². The lowest BCUT2D eigenvalue weighted by molar-refractivity contribution is 0.0285. The molecule has 0 spiro atoms. The Morgan fingerprint density at radius 3 is 2.88 bits per heavy atom. The van der Waals surface area contributed by atoms with E-state index < -0.39 is 0 Å². The maximum Gasteiger partial charge on any atom is 0.0547 e. The minimum absolute atomic E-state index is 0.457. The van der Waals surface area contributed by atoms with E-state index in [1.54, 1.807) is 0 Å². The molecule has 1 rings (SSSR count). The summed E-state index contributed by atoms with van der Waals surface area (Å²) in [5.74, 6) is 0.756. The van der Waals surface area contributed by atoms with Gasteiger partial charge in [0, 0.05) is 6.54 Å². The van der Waals surface area contributed by atoms with E-state index in [-0.39, 0.29) is 0 Å². The van der Waals surface area contributed by atoms with E-state index in [1.807, 2.05) is 0 Å². The first-order chi connectivity index (χ1) is 7.83. The predicted octanol–water partition coefficient (Wildman–Crippen LogP) is 3.36. The zero-order valence-electron chi connectivity index (χ0n) is 11.1. The van der Waals surface area contributed by atoms with Crippen LogP contribution in [0.5, 0.6) is 0 Å². The van der Waals surface area contributed by atoms with Gasteiger partial charge in [0.15, 0.2) is 0 Å². The monoisotopic (exact) mass is 227 g/mol. The van der Waals surface area contributed by atoms with Crippen molar-refractivity contribution in [2.45, 2.75) is 64.9 Å². The highest BCUT2D eigenvalue weighted by atomic mass is 16.5. The summed E-state index contributed by atoms with van der Waals surface area (Å²) in [7, 11) is 0. The van der Waals surface area contributed by atoms with Crippen molar-refractivity contribution in [2.75, 3.05) is 19.7 Å². The molecule has 0 saturated carbocycles. The smallest absolute Gasteiger partial charge is 0.0547 e. The first-order valence-electron chi connectivity index (χ1n) is 7.15. The Labute approximate surface area is 101 Å². The van der Waals surface area contributed by atoms with Crippen molar-refractivity contribution in [3.63, 3.8) is 0 Å². The molecule has 96 valence electrons. The molecule has 16 heavy (non-hydrogen) atoms. The number of hydrogen-bond acceptors (Lipinski definition) is 2. The second kappa shape index (κ2) is 9.00. The van der Waals surface area contributed by atoms with Crippen LogP contribution in [0, 0.1) is 5.92 Å². The second-order valence-electron chi connectivity index (χ2n) is 5.21. The number of ether oxygens (including phenoxy) is 1. The summed E-state index contributed by atoms with van der Waals surface area (Å²) in [6.07, 6.45) is 9.75. The Morgan fingerprint density at radius 2 is 2.19 bits per heavy atom. The lowest BCUT2D eigenvalue weighted by Crippen LogP contribution is -2.33. The summed E-state index contributed by atoms with van der Waals surface area (Å²) in [6.45, 7) is 7.80. The van der Waals surface area contributed by atoms with Crippen molar-refractivity contribution >= 4 is 0 Å². The third kappa shape index (κ3) is 6.49. The van der Waals surface area contributed by atoms with Crippen LogP contribution in [-0.2, 0) is 4.74 Å². The molecule has 1 fully saturated rings. The molecule has 1 aliphatic rings. The highest BCUT2D eigenvalue weighted by Crippen LogP contribution is 2.13. The zero-order chi connectivity index (χ0) is 11.6. The molecule has 2 unspecified atom stereocenters. The van der Waals surface area contributed by atoms with E-state index in [0.717, 1.165) is 19.1 Å². The lowest BCUT2D eigenvalue weighted by Gasteiger charge is -2.24. The molecule has 0 bridgehead atoms. The van der Waals surface area contributed by atoms with Gasteiger partial charge in [0.05, 0.1) is 12.7 Å². The second-order valence-corrected chi connectivity index (χ2v) is 5.21. The van der Waals surface area contributed by atoms with Crippen LogP contribution in [-0.4, -0.2) is 25.8 Å².